The van der Waals surface area contributed by atoms with Crippen molar-refractivity contribution < 1.29 is 9.78 Å². The third-order valence-electron chi connectivity index (χ3n) is 0.462. The van der Waals surface area contributed by atoms with Crippen LogP contribution in [0.4, 0.5) is 0 Å². The van der Waals surface area contributed by atoms with Gasteiger partial charge in [0.05, 0.1) is 11.7 Å². The molecule has 0 saturated heterocycles. The molecule has 0 fully saturated rings. The Morgan fingerprint density at radius 2 is 1.78 bits per heavy atom. The molecule has 0 aromatic rings. The minimum atomic E-state index is -0.230. The van der Waals surface area contributed by atoms with Gasteiger partial charge in [-0.2, -0.15) is 0 Å². The zero-order valence-corrected chi connectivity index (χ0v) is 6.60. The van der Waals surface area contributed by atoms with Gasteiger partial charge in [0.1, 0.15) is 0 Å². The van der Waals surface area contributed by atoms with E-state index in [1.807, 2.05) is 27.7 Å². The Morgan fingerprint density at radius 1 is 1.33 bits per heavy atom. The fraction of sp³-hybridized carbons (Fsp3) is 0.857. The summed E-state index contributed by atoms with van der Waals surface area (Å²) in [4.78, 5) is 9.72. The standard InChI is InChI=1S/C7H15O2/c1-6(2)8-9-7(3,4)5/h6H,1H2,2-5H3. The fourth-order valence-corrected chi connectivity index (χ4v) is 0.226. The van der Waals surface area contributed by atoms with Crippen LogP contribution in [0.15, 0.2) is 0 Å². The van der Waals surface area contributed by atoms with Crippen LogP contribution in [0, 0.1) is 6.92 Å². The van der Waals surface area contributed by atoms with Crippen LogP contribution >= 0.6 is 0 Å². The Bertz CT molecular complexity index is 71.5. The molecule has 0 heterocycles. The Hall–Kier alpha value is -0.0800. The van der Waals surface area contributed by atoms with Crippen LogP contribution < -0.4 is 0 Å². The number of hydrogen-bond acceptors (Lipinski definition) is 2. The maximum atomic E-state index is 4.93. The monoisotopic (exact) mass is 131 g/mol. The lowest BCUT2D eigenvalue weighted by Crippen LogP contribution is -2.21. The summed E-state index contributed by atoms with van der Waals surface area (Å²) >= 11 is 0. The molecule has 0 rings (SSSR count). The molecule has 0 aromatic carbocycles. The topological polar surface area (TPSA) is 18.5 Å². The van der Waals surface area contributed by atoms with Gasteiger partial charge in [-0.3, -0.25) is 0 Å². The molecule has 55 valence electrons. The van der Waals surface area contributed by atoms with E-state index in [9.17, 15) is 0 Å². The van der Waals surface area contributed by atoms with Crippen molar-refractivity contribution in [2.45, 2.75) is 39.4 Å². The summed E-state index contributed by atoms with van der Waals surface area (Å²) in [6.45, 7) is 11.2. The van der Waals surface area contributed by atoms with Gasteiger partial charge in [-0.15, -0.1) is 0 Å². The van der Waals surface area contributed by atoms with Crippen molar-refractivity contribution in [1.82, 2.24) is 0 Å². The molecule has 0 aliphatic heterocycles. The van der Waals surface area contributed by atoms with E-state index in [-0.39, 0.29) is 11.7 Å². The predicted octanol–water partition coefficient (Wildman–Crippen LogP) is 1.96. The molecule has 9 heavy (non-hydrogen) atoms. The van der Waals surface area contributed by atoms with Crippen molar-refractivity contribution in [1.29, 1.82) is 0 Å². The van der Waals surface area contributed by atoms with Crippen LogP contribution in [0.1, 0.15) is 27.7 Å². The van der Waals surface area contributed by atoms with E-state index in [0.29, 0.717) is 0 Å². The molecule has 0 saturated carbocycles. The molecule has 0 aliphatic rings. The van der Waals surface area contributed by atoms with Gasteiger partial charge in [0.25, 0.3) is 0 Å². The highest BCUT2D eigenvalue weighted by atomic mass is 17.2. The predicted molar refractivity (Wildman–Crippen MR) is 36.7 cm³/mol. The largest absolute Gasteiger partial charge is 0.233 e. The average Bonchev–Trinajstić information content (AvgIpc) is 1.59. The number of hydrogen-bond donors (Lipinski definition) is 0. The first-order chi connectivity index (χ1) is 3.92. The van der Waals surface area contributed by atoms with Crippen LogP contribution in [-0.2, 0) is 9.78 Å². The highest BCUT2D eigenvalue weighted by Gasteiger charge is 2.11. The Balaban J connectivity index is 3.28. The first kappa shape index (κ1) is 8.92. The third kappa shape index (κ3) is 7.92. The summed E-state index contributed by atoms with van der Waals surface area (Å²) in [5.74, 6) is 0. The average molecular weight is 131 g/mol. The maximum absolute atomic E-state index is 4.93. The van der Waals surface area contributed by atoms with Crippen LogP contribution in [0.3, 0.4) is 0 Å². The van der Waals surface area contributed by atoms with Crippen LogP contribution in [0.5, 0.6) is 0 Å². The highest BCUT2D eigenvalue weighted by Crippen LogP contribution is 2.07. The van der Waals surface area contributed by atoms with Crippen LogP contribution in [-0.4, -0.2) is 11.7 Å². The molecular weight excluding hydrogens is 116 g/mol. The zero-order valence-electron chi connectivity index (χ0n) is 6.60. The van der Waals surface area contributed by atoms with E-state index in [2.05, 4.69) is 6.92 Å². The lowest BCUT2D eigenvalue weighted by molar-refractivity contribution is -0.362. The van der Waals surface area contributed by atoms with Crippen molar-refractivity contribution in [3.05, 3.63) is 6.92 Å². The minimum absolute atomic E-state index is 0.107. The molecule has 0 aliphatic carbocycles. The van der Waals surface area contributed by atoms with Crippen molar-refractivity contribution in [2.24, 2.45) is 0 Å². The van der Waals surface area contributed by atoms with Gasteiger partial charge < -0.3 is 0 Å². The van der Waals surface area contributed by atoms with Crippen LogP contribution in [0.2, 0.25) is 0 Å². The van der Waals surface area contributed by atoms with Gasteiger partial charge in [0.15, 0.2) is 0 Å². The maximum Gasteiger partial charge on any atom is 0.0952 e. The van der Waals surface area contributed by atoms with E-state index in [1.165, 1.54) is 0 Å². The van der Waals surface area contributed by atoms with E-state index >= 15 is 0 Å². The Morgan fingerprint density at radius 3 is 1.89 bits per heavy atom. The second-order valence-corrected chi connectivity index (χ2v) is 3.10. The lowest BCUT2D eigenvalue weighted by atomic mass is 10.2. The quantitative estimate of drug-likeness (QED) is 0.421. The summed E-state index contributed by atoms with van der Waals surface area (Å²) in [5, 5.41) is 0. The molecule has 1 unspecified atom stereocenters. The van der Waals surface area contributed by atoms with Crippen molar-refractivity contribution >= 4 is 0 Å². The molecule has 0 N–H and O–H groups in total. The van der Waals surface area contributed by atoms with Crippen LogP contribution in [0.25, 0.3) is 0 Å². The van der Waals surface area contributed by atoms with Gasteiger partial charge >= 0.3 is 0 Å². The lowest BCUT2D eigenvalue weighted by Gasteiger charge is -2.18. The number of rotatable bonds is 2. The first-order valence-corrected chi connectivity index (χ1v) is 3.09. The Labute approximate surface area is 57.1 Å². The Kier molecular flexibility index (Phi) is 3.15. The molecule has 2 heteroatoms. The normalized spacial score (nSPS) is 12.7. The van der Waals surface area contributed by atoms with E-state index in [1.54, 1.807) is 0 Å². The summed E-state index contributed by atoms with van der Waals surface area (Å²) in [5.41, 5.74) is -0.230. The second-order valence-electron chi connectivity index (χ2n) is 3.10. The molecule has 0 bridgehead atoms. The van der Waals surface area contributed by atoms with E-state index in [0.717, 1.165) is 0 Å². The first-order valence-electron chi connectivity index (χ1n) is 3.09. The van der Waals surface area contributed by atoms with Crippen molar-refractivity contribution in [3.8, 4) is 0 Å². The van der Waals surface area contributed by atoms with Gasteiger partial charge in [-0.1, -0.05) is 0 Å². The van der Waals surface area contributed by atoms with Crippen molar-refractivity contribution in [3.63, 3.8) is 0 Å². The van der Waals surface area contributed by atoms with E-state index in [4.69, 9.17) is 9.78 Å². The molecule has 1 radical (unpaired) electrons. The summed E-state index contributed by atoms with van der Waals surface area (Å²) in [6.07, 6.45) is -0.107. The summed E-state index contributed by atoms with van der Waals surface area (Å²) in [6, 6.07) is 0. The van der Waals surface area contributed by atoms with Gasteiger partial charge in [-0.05, 0) is 34.6 Å². The molecule has 0 amide bonds. The zero-order chi connectivity index (χ0) is 7.49. The van der Waals surface area contributed by atoms with E-state index < -0.39 is 0 Å². The molecule has 2 nitrogen and oxygen atoms in total. The second kappa shape index (κ2) is 3.18. The van der Waals surface area contributed by atoms with Gasteiger partial charge in [-0.25, -0.2) is 9.78 Å². The van der Waals surface area contributed by atoms with Gasteiger partial charge in [0.2, 0.25) is 0 Å². The highest BCUT2D eigenvalue weighted by molar-refractivity contribution is 4.55. The molecule has 1 atom stereocenters. The SMILES string of the molecule is [CH2]C(C)OOC(C)(C)C. The summed E-state index contributed by atoms with van der Waals surface area (Å²) in [7, 11) is 0. The minimum Gasteiger partial charge on any atom is -0.233 e. The summed E-state index contributed by atoms with van der Waals surface area (Å²) < 4.78 is 0. The molecule has 0 aromatic heterocycles. The smallest absolute Gasteiger partial charge is 0.0952 e. The molecular formula is C7H15O2. The molecule has 0 spiro atoms. The third-order valence-corrected chi connectivity index (χ3v) is 0.462. The van der Waals surface area contributed by atoms with Gasteiger partial charge in [0, 0.05) is 0 Å². The fourth-order valence-electron chi connectivity index (χ4n) is 0.226. The van der Waals surface area contributed by atoms with Crippen molar-refractivity contribution in [2.75, 3.05) is 0 Å².